The van der Waals surface area contributed by atoms with Crippen molar-refractivity contribution in [3.8, 4) is 0 Å². The van der Waals surface area contributed by atoms with E-state index in [1.807, 2.05) is 0 Å². The summed E-state index contributed by atoms with van der Waals surface area (Å²) < 4.78 is 0. The molecule has 0 saturated heterocycles. The molecule has 0 aliphatic heterocycles. The first kappa shape index (κ1) is 10.3. The molecule has 0 heterocycles. The quantitative estimate of drug-likeness (QED) is 0.419. The van der Waals surface area contributed by atoms with E-state index in [0.717, 1.165) is 12.8 Å². The molecule has 0 aliphatic rings. The smallest absolute Gasteiger partial charge is 0.0531 e. The van der Waals surface area contributed by atoms with Crippen LogP contribution < -0.4 is 11.5 Å². The van der Waals surface area contributed by atoms with Crippen LogP contribution in [0, 0.1) is 0 Å². The molecule has 0 fully saturated rings. The van der Waals surface area contributed by atoms with E-state index in [0.29, 0.717) is 5.25 Å². The van der Waals surface area contributed by atoms with Gasteiger partial charge in [0.1, 0.15) is 0 Å². The number of rotatable bonds is 5. The summed E-state index contributed by atoms with van der Waals surface area (Å²) in [5.74, 6) is 0. The molecule has 0 aliphatic carbocycles. The van der Waals surface area contributed by atoms with Gasteiger partial charge in [-0.1, -0.05) is 19.8 Å². The lowest BCUT2D eigenvalue weighted by molar-refractivity contribution is 0.576. The van der Waals surface area contributed by atoms with E-state index in [1.54, 1.807) is 0 Å². The molecule has 10 heavy (non-hydrogen) atoms. The average molecular weight is 162 g/mol. The minimum Gasteiger partial charge on any atom is -0.316 e. The Labute approximate surface area is 68.8 Å². The van der Waals surface area contributed by atoms with Gasteiger partial charge in [0, 0.05) is 5.25 Å². The van der Waals surface area contributed by atoms with Crippen molar-refractivity contribution in [2.24, 2.45) is 11.5 Å². The number of hydrogen-bond donors (Lipinski definition) is 3. The zero-order valence-corrected chi connectivity index (χ0v) is 7.48. The van der Waals surface area contributed by atoms with E-state index >= 15 is 0 Å². The Morgan fingerprint density at radius 1 is 1.40 bits per heavy atom. The SMILES string of the molecule is CCCCC(S)CC(N)N. The van der Waals surface area contributed by atoms with Crippen molar-refractivity contribution in [3.05, 3.63) is 0 Å². The van der Waals surface area contributed by atoms with Crippen LogP contribution in [0.25, 0.3) is 0 Å². The Kier molecular flexibility index (Phi) is 6.17. The standard InChI is InChI=1S/C7H18N2S/c1-2-3-4-6(10)5-7(8)9/h6-7,10H,2-5,8-9H2,1H3. The van der Waals surface area contributed by atoms with Gasteiger partial charge in [-0.15, -0.1) is 0 Å². The molecule has 0 rings (SSSR count). The van der Waals surface area contributed by atoms with Crippen molar-refractivity contribution >= 4 is 12.6 Å². The Morgan fingerprint density at radius 3 is 2.40 bits per heavy atom. The Bertz CT molecular complexity index is 76.0. The first-order valence-electron chi connectivity index (χ1n) is 3.86. The number of hydrogen-bond acceptors (Lipinski definition) is 3. The fraction of sp³-hybridized carbons (Fsp3) is 1.00. The molecule has 0 aromatic rings. The van der Waals surface area contributed by atoms with Crippen molar-refractivity contribution < 1.29 is 0 Å². The van der Waals surface area contributed by atoms with Crippen molar-refractivity contribution in [2.75, 3.05) is 0 Å². The molecule has 0 aromatic heterocycles. The van der Waals surface area contributed by atoms with Crippen LogP contribution in [0.15, 0.2) is 0 Å². The van der Waals surface area contributed by atoms with Crippen molar-refractivity contribution in [2.45, 2.75) is 44.0 Å². The van der Waals surface area contributed by atoms with Crippen LogP contribution in [0.2, 0.25) is 0 Å². The summed E-state index contributed by atoms with van der Waals surface area (Å²) in [7, 11) is 0. The number of thiol groups is 1. The maximum absolute atomic E-state index is 5.39. The molecular weight excluding hydrogens is 144 g/mol. The fourth-order valence-corrected chi connectivity index (χ4v) is 1.30. The lowest BCUT2D eigenvalue weighted by atomic mass is 10.1. The summed E-state index contributed by atoms with van der Waals surface area (Å²) in [6.07, 6.45) is 4.20. The van der Waals surface area contributed by atoms with Gasteiger partial charge in [-0.2, -0.15) is 12.6 Å². The average Bonchev–Trinajstić information content (AvgIpc) is 1.82. The van der Waals surface area contributed by atoms with Crippen LogP contribution in [-0.2, 0) is 0 Å². The highest BCUT2D eigenvalue weighted by Gasteiger charge is 2.04. The van der Waals surface area contributed by atoms with Gasteiger partial charge in [0.25, 0.3) is 0 Å². The van der Waals surface area contributed by atoms with Gasteiger partial charge in [-0.3, -0.25) is 0 Å². The van der Waals surface area contributed by atoms with Crippen LogP contribution in [-0.4, -0.2) is 11.4 Å². The van der Waals surface area contributed by atoms with Gasteiger partial charge in [0.15, 0.2) is 0 Å². The number of nitrogens with two attached hydrogens (primary N) is 2. The second-order valence-electron chi connectivity index (χ2n) is 2.70. The van der Waals surface area contributed by atoms with Gasteiger partial charge in [-0.25, -0.2) is 0 Å². The first-order chi connectivity index (χ1) is 4.66. The summed E-state index contributed by atoms with van der Waals surface area (Å²) in [6, 6.07) is 0. The third-order valence-electron chi connectivity index (χ3n) is 1.44. The van der Waals surface area contributed by atoms with Gasteiger partial charge in [0.05, 0.1) is 6.17 Å². The minimum atomic E-state index is -0.195. The molecule has 62 valence electrons. The van der Waals surface area contributed by atoms with E-state index in [9.17, 15) is 0 Å². The summed E-state index contributed by atoms with van der Waals surface area (Å²) in [4.78, 5) is 0. The Balaban J connectivity index is 3.16. The van der Waals surface area contributed by atoms with Crippen LogP contribution in [0.1, 0.15) is 32.6 Å². The molecule has 1 atom stereocenters. The van der Waals surface area contributed by atoms with E-state index < -0.39 is 0 Å². The van der Waals surface area contributed by atoms with Gasteiger partial charge in [0.2, 0.25) is 0 Å². The summed E-state index contributed by atoms with van der Waals surface area (Å²) in [5.41, 5.74) is 10.8. The lowest BCUT2D eigenvalue weighted by Crippen LogP contribution is -2.33. The molecule has 4 N–H and O–H groups in total. The largest absolute Gasteiger partial charge is 0.316 e. The van der Waals surface area contributed by atoms with Crippen LogP contribution in [0.3, 0.4) is 0 Å². The lowest BCUT2D eigenvalue weighted by Gasteiger charge is -2.11. The van der Waals surface area contributed by atoms with Crippen LogP contribution in [0.4, 0.5) is 0 Å². The number of unbranched alkanes of at least 4 members (excludes halogenated alkanes) is 1. The zero-order valence-electron chi connectivity index (χ0n) is 6.59. The Hall–Kier alpha value is 0.270. The van der Waals surface area contributed by atoms with Crippen molar-refractivity contribution in [3.63, 3.8) is 0 Å². The third kappa shape index (κ3) is 6.39. The first-order valence-corrected chi connectivity index (χ1v) is 4.37. The topological polar surface area (TPSA) is 52.0 Å². The highest BCUT2D eigenvalue weighted by Crippen LogP contribution is 2.10. The second-order valence-corrected chi connectivity index (χ2v) is 3.43. The molecular formula is C7H18N2S. The van der Waals surface area contributed by atoms with E-state index in [1.165, 1.54) is 12.8 Å². The van der Waals surface area contributed by atoms with Crippen molar-refractivity contribution in [1.29, 1.82) is 0 Å². The minimum absolute atomic E-state index is 0.195. The molecule has 0 amide bonds. The van der Waals surface area contributed by atoms with E-state index in [2.05, 4.69) is 19.6 Å². The summed E-state index contributed by atoms with van der Waals surface area (Å²) in [5, 5.41) is 0.389. The monoisotopic (exact) mass is 162 g/mol. The van der Waals surface area contributed by atoms with Gasteiger partial charge in [-0.05, 0) is 12.8 Å². The normalized spacial score (nSPS) is 14.1. The third-order valence-corrected chi connectivity index (χ3v) is 1.90. The summed E-state index contributed by atoms with van der Waals surface area (Å²) in [6.45, 7) is 2.17. The highest BCUT2D eigenvalue weighted by atomic mass is 32.1. The molecule has 2 nitrogen and oxygen atoms in total. The molecule has 0 aromatic carbocycles. The molecule has 1 unspecified atom stereocenters. The highest BCUT2D eigenvalue weighted by molar-refractivity contribution is 7.80. The molecule has 0 spiro atoms. The van der Waals surface area contributed by atoms with Crippen LogP contribution >= 0.6 is 12.6 Å². The van der Waals surface area contributed by atoms with E-state index in [4.69, 9.17) is 11.5 Å². The second kappa shape index (κ2) is 6.01. The van der Waals surface area contributed by atoms with Crippen molar-refractivity contribution in [1.82, 2.24) is 0 Å². The van der Waals surface area contributed by atoms with Gasteiger partial charge < -0.3 is 11.5 Å². The molecule has 0 radical (unpaired) electrons. The maximum atomic E-state index is 5.39. The van der Waals surface area contributed by atoms with E-state index in [-0.39, 0.29) is 6.17 Å². The predicted octanol–water partition coefficient (Wildman–Crippen LogP) is 1.11. The Morgan fingerprint density at radius 2 is 2.00 bits per heavy atom. The molecule has 3 heteroatoms. The van der Waals surface area contributed by atoms with Gasteiger partial charge >= 0.3 is 0 Å². The van der Waals surface area contributed by atoms with Crippen LogP contribution in [0.5, 0.6) is 0 Å². The fourth-order valence-electron chi connectivity index (χ4n) is 0.872. The predicted molar refractivity (Wildman–Crippen MR) is 49.1 cm³/mol. The zero-order chi connectivity index (χ0) is 7.98. The maximum Gasteiger partial charge on any atom is 0.0531 e. The molecule has 0 saturated carbocycles. The summed E-state index contributed by atoms with van der Waals surface area (Å²) >= 11 is 4.34. The molecule has 0 bridgehead atoms.